The minimum atomic E-state index is 0.458. The Morgan fingerprint density at radius 2 is 1.96 bits per heavy atom. The molecule has 25 heavy (non-hydrogen) atoms. The molecule has 2 aromatic carbocycles. The number of aromatic nitrogens is 2. The number of hydrogen-bond donors (Lipinski definition) is 0. The van der Waals surface area contributed by atoms with E-state index in [1.54, 1.807) is 0 Å². The second-order valence-corrected chi connectivity index (χ2v) is 6.92. The fourth-order valence-corrected chi connectivity index (χ4v) is 3.10. The van der Waals surface area contributed by atoms with E-state index in [-0.39, 0.29) is 0 Å². The Bertz CT molecular complexity index is 825. The minimum Gasteiger partial charge on any atom is -0.493 e. The van der Waals surface area contributed by atoms with E-state index >= 15 is 0 Å². The molecule has 0 atom stereocenters. The van der Waals surface area contributed by atoms with Gasteiger partial charge in [-0.1, -0.05) is 45.9 Å². The van der Waals surface area contributed by atoms with Crippen molar-refractivity contribution in [2.45, 2.75) is 12.1 Å². The fraction of sp³-hybridized carbons (Fsp3) is 0.222. The summed E-state index contributed by atoms with van der Waals surface area (Å²) in [5.41, 5.74) is 0.800. The van der Waals surface area contributed by atoms with Crippen LogP contribution in [0.1, 0.15) is 6.92 Å². The summed E-state index contributed by atoms with van der Waals surface area (Å²) in [7, 11) is 0. The topological polar surface area (TPSA) is 57.4 Å². The zero-order valence-electron chi connectivity index (χ0n) is 13.6. The molecule has 0 unspecified atom stereocenters. The summed E-state index contributed by atoms with van der Waals surface area (Å²) in [6, 6.07) is 15.4. The maximum absolute atomic E-state index is 5.73. The van der Waals surface area contributed by atoms with E-state index in [0.29, 0.717) is 30.1 Å². The van der Waals surface area contributed by atoms with Crippen LogP contribution in [0, 0.1) is 0 Å². The Balaban J connectivity index is 1.55. The highest BCUT2D eigenvalue weighted by molar-refractivity contribution is 9.10. The lowest BCUT2D eigenvalue weighted by Crippen LogP contribution is -1.99. The van der Waals surface area contributed by atoms with E-state index in [1.807, 2.05) is 55.5 Å². The highest BCUT2D eigenvalue weighted by Gasteiger charge is 2.13. The van der Waals surface area contributed by atoms with Crippen molar-refractivity contribution in [3.63, 3.8) is 0 Å². The number of ether oxygens (including phenoxy) is 2. The van der Waals surface area contributed by atoms with Crippen LogP contribution in [0.2, 0.25) is 0 Å². The maximum Gasteiger partial charge on any atom is 0.276 e. The van der Waals surface area contributed by atoms with Gasteiger partial charge in [-0.25, -0.2) is 0 Å². The van der Waals surface area contributed by atoms with Crippen molar-refractivity contribution < 1.29 is 13.9 Å². The third kappa shape index (κ3) is 4.99. The molecule has 0 aliphatic rings. The summed E-state index contributed by atoms with van der Waals surface area (Å²) < 4.78 is 18.0. The van der Waals surface area contributed by atoms with Gasteiger partial charge in [0.25, 0.3) is 11.1 Å². The smallest absolute Gasteiger partial charge is 0.276 e. The van der Waals surface area contributed by atoms with Crippen molar-refractivity contribution >= 4 is 27.7 Å². The van der Waals surface area contributed by atoms with E-state index in [0.717, 1.165) is 21.5 Å². The molecule has 3 aromatic rings. The second kappa shape index (κ2) is 8.92. The van der Waals surface area contributed by atoms with Gasteiger partial charge in [-0.2, -0.15) is 0 Å². The highest BCUT2D eigenvalue weighted by Crippen LogP contribution is 2.30. The van der Waals surface area contributed by atoms with Gasteiger partial charge >= 0.3 is 0 Å². The predicted octanol–water partition coefficient (Wildman–Crippen LogP) is 5.07. The third-order valence-electron chi connectivity index (χ3n) is 3.20. The average Bonchev–Trinajstić information content (AvgIpc) is 3.08. The monoisotopic (exact) mass is 420 g/mol. The number of benzene rings is 2. The van der Waals surface area contributed by atoms with Gasteiger partial charge in [-0.05, 0) is 37.3 Å². The Hall–Kier alpha value is -1.99. The Morgan fingerprint density at radius 3 is 2.80 bits per heavy atom. The zero-order chi connectivity index (χ0) is 17.5. The zero-order valence-corrected chi connectivity index (χ0v) is 16.0. The molecule has 0 radical (unpaired) electrons. The second-order valence-electron chi connectivity index (χ2n) is 4.96. The summed E-state index contributed by atoms with van der Waals surface area (Å²) in [6.07, 6.45) is 0. The third-order valence-corrected chi connectivity index (χ3v) is 4.47. The number of hydrogen-bond acceptors (Lipinski definition) is 6. The lowest BCUT2D eigenvalue weighted by molar-refractivity contribution is 0.339. The largest absolute Gasteiger partial charge is 0.493 e. The van der Waals surface area contributed by atoms with Crippen LogP contribution in [0.4, 0.5) is 0 Å². The van der Waals surface area contributed by atoms with Gasteiger partial charge in [-0.15, -0.1) is 10.2 Å². The van der Waals surface area contributed by atoms with Crippen LogP contribution in [0.25, 0.3) is 11.5 Å². The summed E-state index contributed by atoms with van der Waals surface area (Å²) in [6.45, 7) is 3.07. The highest BCUT2D eigenvalue weighted by atomic mass is 79.9. The molecule has 0 aliphatic heterocycles. The first-order valence-corrected chi connectivity index (χ1v) is 9.61. The van der Waals surface area contributed by atoms with Crippen LogP contribution in [-0.4, -0.2) is 29.2 Å². The molecule has 0 saturated heterocycles. The van der Waals surface area contributed by atoms with Crippen LogP contribution in [0.5, 0.6) is 11.5 Å². The Labute approximate surface area is 158 Å². The number of nitrogens with zero attached hydrogens (tertiary/aromatic N) is 2. The van der Waals surface area contributed by atoms with Crippen molar-refractivity contribution in [2.24, 2.45) is 0 Å². The molecule has 0 fully saturated rings. The number of halogens is 1. The van der Waals surface area contributed by atoms with Gasteiger partial charge < -0.3 is 13.9 Å². The van der Waals surface area contributed by atoms with Crippen molar-refractivity contribution in [1.82, 2.24) is 10.2 Å². The van der Waals surface area contributed by atoms with Crippen LogP contribution in [-0.2, 0) is 0 Å². The van der Waals surface area contributed by atoms with Crippen molar-refractivity contribution in [2.75, 3.05) is 19.0 Å². The first-order chi connectivity index (χ1) is 12.3. The van der Waals surface area contributed by atoms with Crippen LogP contribution < -0.4 is 9.47 Å². The summed E-state index contributed by atoms with van der Waals surface area (Å²) in [5, 5.41) is 8.71. The van der Waals surface area contributed by atoms with E-state index < -0.39 is 0 Å². The molecule has 3 rings (SSSR count). The van der Waals surface area contributed by atoms with Crippen LogP contribution in [0.3, 0.4) is 0 Å². The lowest BCUT2D eigenvalue weighted by Gasteiger charge is -2.06. The van der Waals surface area contributed by atoms with E-state index in [4.69, 9.17) is 13.9 Å². The van der Waals surface area contributed by atoms with Crippen molar-refractivity contribution in [3.8, 4) is 23.0 Å². The standard InChI is InChI=1S/C18H17BrN2O3S/c1-2-22-16-9-4-3-8-15(16)17-20-21-18(24-17)25-11-10-23-14-7-5-6-13(19)12-14/h3-9,12H,2,10-11H2,1H3. The van der Waals surface area contributed by atoms with E-state index in [1.165, 1.54) is 11.8 Å². The van der Waals surface area contributed by atoms with Gasteiger partial charge in [-0.3, -0.25) is 0 Å². The van der Waals surface area contributed by atoms with Gasteiger partial charge in [0.1, 0.15) is 11.5 Å². The van der Waals surface area contributed by atoms with E-state index in [9.17, 15) is 0 Å². The molecule has 5 nitrogen and oxygen atoms in total. The molecular weight excluding hydrogens is 404 g/mol. The van der Waals surface area contributed by atoms with Crippen molar-refractivity contribution in [1.29, 1.82) is 0 Å². The molecule has 130 valence electrons. The molecule has 0 saturated carbocycles. The SMILES string of the molecule is CCOc1ccccc1-c1nnc(SCCOc2cccc(Br)c2)o1. The Kier molecular flexibility index (Phi) is 6.36. The number of thioether (sulfide) groups is 1. The Morgan fingerprint density at radius 1 is 1.08 bits per heavy atom. The van der Waals surface area contributed by atoms with Gasteiger partial charge in [0, 0.05) is 10.2 Å². The molecule has 0 N–H and O–H groups in total. The van der Waals surface area contributed by atoms with Gasteiger partial charge in [0.15, 0.2) is 0 Å². The quantitative estimate of drug-likeness (QED) is 0.374. The predicted molar refractivity (Wildman–Crippen MR) is 101 cm³/mol. The lowest BCUT2D eigenvalue weighted by atomic mass is 10.2. The molecule has 0 aliphatic carbocycles. The number of rotatable bonds is 8. The van der Waals surface area contributed by atoms with Crippen molar-refractivity contribution in [3.05, 3.63) is 53.0 Å². The first-order valence-electron chi connectivity index (χ1n) is 7.83. The van der Waals surface area contributed by atoms with Gasteiger partial charge in [0.2, 0.25) is 0 Å². The average molecular weight is 421 g/mol. The number of para-hydroxylation sites is 1. The summed E-state index contributed by atoms with van der Waals surface area (Å²) >= 11 is 4.88. The maximum atomic E-state index is 5.73. The van der Waals surface area contributed by atoms with Crippen LogP contribution in [0.15, 0.2) is 62.6 Å². The van der Waals surface area contributed by atoms with Gasteiger partial charge in [0.05, 0.1) is 18.8 Å². The molecule has 1 heterocycles. The first kappa shape index (κ1) is 17.8. The minimum absolute atomic E-state index is 0.458. The molecule has 0 bridgehead atoms. The molecule has 1 aromatic heterocycles. The fourth-order valence-electron chi connectivity index (χ4n) is 2.15. The molecule has 7 heteroatoms. The summed E-state index contributed by atoms with van der Waals surface area (Å²) in [4.78, 5) is 0. The molecule has 0 amide bonds. The molecular formula is C18H17BrN2O3S. The normalized spacial score (nSPS) is 10.6. The van der Waals surface area contributed by atoms with E-state index in [2.05, 4.69) is 26.1 Å². The molecule has 0 spiro atoms. The summed E-state index contributed by atoms with van der Waals surface area (Å²) in [5.74, 6) is 2.73. The van der Waals surface area contributed by atoms with Crippen LogP contribution >= 0.6 is 27.7 Å².